The van der Waals surface area contributed by atoms with Crippen molar-refractivity contribution >= 4 is 29.1 Å². The van der Waals surface area contributed by atoms with Crippen LogP contribution in [0.15, 0.2) is 34.8 Å². The first-order valence-corrected chi connectivity index (χ1v) is 13.2. The van der Waals surface area contributed by atoms with Gasteiger partial charge >= 0.3 is 0 Å². The number of amides is 2. The SMILES string of the molecule is CCNC(C)(CC)C(=O)Nc1ccc2c(c1O)C(=O)C1=C(O)[C@]3(O)C(=O)C(C(N)=O)=C(O)[C@@H](N(C)C)C3CC1C2. The summed E-state index contributed by atoms with van der Waals surface area (Å²) in [5, 5.41) is 50.7. The van der Waals surface area contributed by atoms with E-state index in [1.165, 1.54) is 11.0 Å². The minimum atomic E-state index is -2.71. The molecule has 12 heteroatoms. The summed E-state index contributed by atoms with van der Waals surface area (Å²) in [6.07, 6.45) is 0.627. The minimum absolute atomic E-state index is 0.00253. The van der Waals surface area contributed by atoms with Crippen LogP contribution in [0.25, 0.3) is 0 Å². The van der Waals surface area contributed by atoms with Gasteiger partial charge in [0.15, 0.2) is 17.1 Å². The van der Waals surface area contributed by atoms with E-state index in [1.54, 1.807) is 27.1 Å². The molecule has 4 rings (SSSR count). The normalized spacial score (nSPS) is 27.6. The lowest BCUT2D eigenvalue weighted by Crippen LogP contribution is -2.63. The summed E-state index contributed by atoms with van der Waals surface area (Å²) >= 11 is 0. The molecule has 3 aliphatic carbocycles. The minimum Gasteiger partial charge on any atom is -0.510 e. The highest BCUT2D eigenvalue weighted by molar-refractivity contribution is 6.25. The van der Waals surface area contributed by atoms with E-state index < -0.39 is 75.2 Å². The first-order chi connectivity index (χ1) is 18.6. The number of likely N-dealkylation sites (N-methyl/N-ethyl adjacent to an activating group) is 2. The van der Waals surface area contributed by atoms with E-state index in [-0.39, 0.29) is 29.7 Å². The van der Waals surface area contributed by atoms with Crippen LogP contribution in [0.4, 0.5) is 5.69 Å². The van der Waals surface area contributed by atoms with E-state index in [4.69, 9.17) is 5.73 Å². The van der Waals surface area contributed by atoms with Crippen molar-refractivity contribution in [3.8, 4) is 5.75 Å². The third-order valence-corrected chi connectivity index (χ3v) is 8.62. The number of Topliss-reactive ketones (excluding diaryl/α,β-unsaturated/α-hetero) is 2. The van der Waals surface area contributed by atoms with Crippen LogP contribution in [0.1, 0.15) is 49.5 Å². The summed E-state index contributed by atoms with van der Waals surface area (Å²) in [4.78, 5) is 53.8. The van der Waals surface area contributed by atoms with Gasteiger partial charge in [0.2, 0.25) is 11.7 Å². The Morgan fingerprint density at radius 2 is 1.82 bits per heavy atom. The second kappa shape index (κ2) is 10.0. The van der Waals surface area contributed by atoms with Crippen LogP contribution in [0.3, 0.4) is 0 Å². The molecule has 12 nitrogen and oxygen atoms in total. The molecule has 8 N–H and O–H groups in total. The number of hydrogen-bond acceptors (Lipinski definition) is 10. The Morgan fingerprint density at radius 1 is 1.18 bits per heavy atom. The Balaban J connectivity index is 1.82. The molecule has 1 aromatic carbocycles. The molecular formula is C28H36N4O8. The highest BCUT2D eigenvalue weighted by Crippen LogP contribution is 2.52. The van der Waals surface area contributed by atoms with E-state index in [0.717, 1.165) is 0 Å². The fourth-order valence-corrected chi connectivity index (χ4v) is 6.34. The number of carbonyl (C=O) groups excluding carboxylic acids is 4. The number of primary amides is 1. The first kappa shape index (κ1) is 29.2. The number of phenolic OH excluding ortho intramolecular Hbond substituents is 1. The maximum absolute atomic E-state index is 13.8. The highest BCUT2D eigenvalue weighted by atomic mass is 16.3. The van der Waals surface area contributed by atoms with Crippen LogP contribution in [0.2, 0.25) is 0 Å². The third-order valence-electron chi connectivity index (χ3n) is 8.62. The van der Waals surface area contributed by atoms with Crippen molar-refractivity contribution in [1.82, 2.24) is 10.2 Å². The number of phenols is 1. The maximum Gasteiger partial charge on any atom is 0.255 e. The lowest BCUT2D eigenvalue weighted by molar-refractivity contribution is -0.148. The summed E-state index contributed by atoms with van der Waals surface area (Å²) in [6, 6.07) is 2.04. The van der Waals surface area contributed by atoms with Crippen molar-refractivity contribution in [3.63, 3.8) is 0 Å². The predicted octanol–water partition coefficient (Wildman–Crippen LogP) is 0.837. The van der Waals surface area contributed by atoms with Gasteiger partial charge in [-0.1, -0.05) is 19.9 Å². The number of rotatable bonds is 7. The fraction of sp³-hybridized carbons (Fsp3) is 0.500. The topological polar surface area (TPSA) is 203 Å². The highest BCUT2D eigenvalue weighted by Gasteiger charge is 2.63. The molecule has 0 heterocycles. The van der Waals surface area contributed by atoms with Gasteiger partial charge in [-0.05, 0) is 64.4 Å². The predicted molar refractivity (Wildman–Crippen MR) is 145 cm³/mol. The zero-order valence-corrected chi connectivity index (χ0v) is 23.2. The number of aromatic hydroxyl groups is 1. The third kappa shape index (κ3) is 4.09. The van der Waals surface area contributed by atoms with Crippen LogP contribution in [0, 0.1) is 11.8 Å². The van der Waals surface area contributed by atoms with Gasteiger partial charge in [-0.25, -0.2) is 0 Å². The summed E-state index contributed by atoms with van der Waals surface area (Å²) < 4.78 is 0. The Labute approximate surface area is 231 Å². The average Bonchev–Trinajstić information content (AvgIpc) is 2.87. The standard InChI is InChI=1S/C28H36N4O8/c1-6-27(3,30-7-2)26(39)31-15-9-8-12-10-13-11-14-19(32(4)5)22(35)18(25(29)38)24(37)28(14,40)23(36)17(13)21(34)16(12)20(15)33/h8-9,13-14,19,30,33,35-36,40H,6-7,10-11H2,1-5H3,(H2,29,38)(H,31,39)/t13?,14?,19-,27?,28-/m0/s1. The molecule has 0 radical (unpaired) electrons. The number of ketones is 2. The molecule has 216 valence electrons. The molecule has 3 unspecified atom stereocenters. The lowest BCUT2D eigenvalue weighted by Gasteiger charge is -2.50. The number of hydrogen-bond donors (Lipinski definition) is 7. The Morgan fingerprint density at radius 3 is 2.38 bits per heavy atom. The Hall–Kier alpha value is -3.74. The molecule has 2 amide bonds. The van der Waals surface area contributed by atoms with E-state index in [2.05, 4.69) is 10.6 Å². The monoisotopic (exact) mass is 556 g/mol. The molecule has 5 atom stereocenters. The van der Waals surface area contributed by atoms with Gasteiger partial charge in [-0.15, -0.1) is 0 Å². The van der Waals surface area contributed by atoms with Gasteiger partial charge in [-0.2, -0.15) is 0 Å². The Bertz CT molecular complexity index is 1380. The van der Waals surface area contributed by atoms with Gasteiger partial charge in [0.1, 0.15) is 17.1 Å². The van der Waals surface area contributed by atoms with Crippen LogP contribution in [-0.4, -0.2) is 86.5 Å². The quantitative estimate of drug-likeness (QED) is 0.186. The van der Waals surface area contributed by atoms with Crippen molar-refractivity contribution in [3.05, 3.63) is 45.9 Å². The van der Waals surface area contributed by atoms with E-state index in [0.29, 0.717) is 18.5 Å². The smallest absolute Gasteiger partial charge is 0.255 e. The molecule has 0 spiro atoms. The largest absolute Gasteiger partial charge is 0.510 e. The summed E-state index contributed by atoms with van der Waals surface area (Å²) in [7, 11) is 3.14. The number of allylic oxidation sites excluding steroid dienone is 1. The second-order valence-electron chi connectivity index (χ2n) is 11.1. The molecule has 0 saturated carbocycles. The summed E-state index contributed by atoms with van der Waals surface area (Å²) in [6.45, 7) is 5.94. The molecule has 0 aliphatic heterocycles. The summed E-state index contributed by atoms with van der Waals surface area (Å²) in [5.41, 5.74) is 0.872. The first-order valence-electron chi connectivity index (χ1n) is 13.2. The zero-order valence-electron chi connectivity index (χ0n) is 23.2. The van der Waals surface area contributed by atoms with Crippen LogP contribution >= 0.6 is 0 Å². The van der Waals surface area contributed by atoms with Gasteiger partial charge in [0, 0.05) is 11.5 Å². The molecule has 1 aromatic rings. The van der Waals surface area contributed by atoms with Crippen molar-refractivity contribution in [2.24, 2.45) is 17.6 Å². The van der Waals surface area contributed by atoms with Gasteiger partial charge in [0.05, 0.1) is 22.8 Å². The van der Waals surface area contributed by atoms with E-state index in [1.807, 2.05) is 13.8 Å². The van der Waals surface area contributed by atoms with Crippen molar-refractivity contribution in [2.75, 3.05) is 26.0 Å². The second-order valence-corrected chi connectivity index (χ2v) is 11.1. The van der Waals surface area contributed by atoms with Crippen LogP contribution < -0.4 is 16.4 Å². The number of anilines is 1. The molecular weight excluding hydrogens is 520 g/mol. The van der Waals surface area contributed by atoms with Crippen molar-refractivity contribution in [1.29, 1.82) is 0 Å². The van der Waals surface area contributed by atoms with E-state index in [9.17, 15) is 39.6 Å². The lowest BCUT2D eigenvalue weighted by atomic mass is 9.58. The molecule has 40 heavy (non-hydrogen) atoms. The average molecular weight is 557 g/mol. The zero-order chi connectivity index (χ0) is 29.9. The maximum atomic E-state index is 13.8. The van der Waals surface area contributed by atoms with Gasteiger partial charge < -0.3 is 36.8 Å². The van der Waals surface area contributed by atoms with Gasteiger partial charge in [0.25, 0.3) is 5.91 Å². The molecule has 3 aliphatic rings. The summed E-state index contributed by atoms with van der Waals surface area (Å²) in [5.74, 6) is -7.63. The number of nitrogens with two attached hydrogens (primary N) is 1. The number of fused-ring (bicyclic) bond motifs is 3. The molecule has 0 bridgehead atoms. The number of nitrogens with zero attached hydrogens (tertiary/aromatic N) is 1. The number of aliphatic hydroxyl groups excluding tert-OH is 2. The number of carbonyl (C=O) groups is 4. The number of benzene rings is 1. The van der Waals surface area contributed by atoms with Crippen LogP contribution in [0.5, 0.6) is 5.75 Å². The van der Waals surface area contributed by atoms with Crippen LogP contribution in [-0.2, 0) is 20.8 Å². The van der Waals surface area contributed by atoms with Gasteiger partial charge in [-0.3, -0.25) is 24.1 Å². The molecule has 0 aromatic heterocycles. The number of aliphatic hydroxyl groups is 3. The fourth-order valence-electron chi connectivity index (χ4n) is 6.34. The van der Waals surface area contributed by atoms with E-state index >= 15 is 0 Å². The van der Waals surface area contributed by atoms with Crippen molar-refractivity contribution < 1.29 is 39.6 Å². The molecule has 0 fully saturated rings. The number of nitrogens with one attached hydrogen (secondary N) is 2. The molecule has 0 saturated heterocycles. The van der Waals surface area contributed by atoms with Crippen molar-refractivity contribution in [2.45, 2.75) is 57.2 Å². The Kier molecular flexibility index (Phi) is 7.33.